The number of halogens is 1. The Morgan fingerprint density at radius 2 is 2.07 bits per heavy atom. The van der Waals surface area contributed by atoms with Gasteiger partial charge in [-0.1, -0.05) is 23.7 Å². The van der Waals surface area contributed by atoms with Crippen molar-refractivity contribution in [3.63, 3.8) is 0 Å². The van der Waals surface area contributed by atoms with Gasteiger partial charge in [-0.3, -0.25) is 4.79 Å². The van der Waals surface area contributed by atoms with Crippen LogP contribution in [0.1, 0.15) is 12.5 Å². The summed E-state index contributed by atoms with van der Waals surface area (Å²) in [5.41, 5.74) is 1.08. The highest BCUT2D eigenvalue weighted by atomic mass is 35.5. The third-order valence-electron chi connectivity index (χ3n) is 2.08. The maximum absolute atomic E-state index is 11.1. The van der Waals surface area contributed by atoms with E-state index >= 15 is 0 Å². The summed E-state index contributed by atoms with van der Waals surface area (Å²) in [6.07, 6.45) is 0. The maximum atomic E-state index is 11.1. The molecule has 3 nitrogen and oxygen atoms in total. The monoisotopic (exact) mass is 227 g/mol. The van der Waals surface area contributed by atoms with E-state index in [1.807, 2.05) is 24.3 Å². The van der Waals surface area contributed by atoms with Gasteiger partial charge in [-0.25, -0.2) is 0 Å². The fourth-order valence-corrected chi connectivity index (χ4v) is 1.26. The minimum Gasteiger partial charge on any atom is -0.468 e. The lowest BCUT2D eigenvalue weighted by Crippen LogP contribution is -2.34. The number of nitrogens with one attached hydrogen (secondary N) is 1. The topological polar surface area (TPSA) is 38.3 Å². The SMILES string of the molecule is COC(=O)C(C)NCc1ccc(Cl)cc1. The van der Waals surface area contributed by atoms with Gasteiger partial charge in [0.15, 0.2) is 0 Å². The molecule has 1 aromatic carbocycles. The highest BCUT2D eigenvalue weighted by molar-refractivity contribution is 6.30. The second-order valence-electron chi connectivity index (χ2n) is 3.25. The molecular formula is C11H14ClNO2. The number of hydrogen-bond donors (Lipinski definition) is 1. The average molecular weight is 228 g/mol. The largest absolute Gasteiger partial charge is 0.468 e. The molecule has 1 rings (SSSR count). The lowest BCUT2D eigenvalue weighted by molar-refractivity contribution is -0.142. The maximum Gasteiger partial charge on any atom is 0.322 e. The molecule has 0 saturated carbocycles. The van der Waals surface area contributed by atoms with Crippen LogP contribution >= 0.6 is 11.6 Å². The molecule has 0 bridgehead atoms. The van der Waals surface area contributed by atoms with Crippen LogP contribution in [0.4, 0.5) is 0 Å². The number of hydrogen-bond acceptors (Lipinski definition) is 3. The minimum absolute atomic E-state index is 0.260. The highest BCUT2D eigenvalue weighted by Crippen LogP contribution is 2.09. The average Bonchev–Trinajstić information content (AvgIpc) is 2.26. The van der Waals surface area contributed by atoms with Crippen LogP contribution in [0.25, 0.3) is 0 Å². The molecule has 15 heavy (non-hydrogen) atoms. The second-order valence-corrected chi connectivity index (χ2v) is 3.69. The molecule has 0 aromatic heterocycles. The Morgan fingerprint density at radius 1 is 1.47 bits per heavy atom. The van der Waals surface area contributed by atoms with Gasteiger partial charge >= 0.3 is 5.97 Å². The number of carbonyl (C=O) groups is 1. The van der Waals surface area contributed by atoms with Gasteiger partial charge in [0.05, 0.1) is 7.11 Å². The number of esters is 1. The van der Waals surface area contributed by atoms with Gasteiger partial charge in [0.1, 0.15) is 6.04 Å². The molecule has 0 amide bonds. The Hall–Kier alpha value is -1.06. The molecule has 0 radical (unpaired) electrons. The van der Waals surface area contributed by atoms with Crippen LogP contribution in [0.15, 0.2) is 24.3 Å². The van der Waals surface area contributed by atoms with Crippen molar-refractivity contribution in [2.24, 2.45) is 0 Å². The Labute approximate surface area is 94.4 Å². The van der Waals surface area contributed by atoms with Gasteiger partial charge < -0.3 is 10.1 Å². The Kier molecular flexibility index (Phi) is 4.59. The quantitative estimate of drug-likeness (QED) is 0.800. The van der Waals surface area contributed by atoms with Crippen molar-refractivity contribution in [1.29, 1.82) is 0 Å². The standard InChI is InChI=1S/C11H14ClNO2/c1-8(11(14)15-2)13-7-9-3-5-10(12)6-4-9/h3-6,8,13H,7H2,1-2H3. The molecule has 1 atom stereocenters. The molecule has 1 N–H and O–H groups in total. The highest BCUT2D eigenvalue weighted by Gasteiger charge is 2.11. The van der Waals surface area contributed by atoms with Crippen molar-refractivity contribution in [2.75, 3.05) is 7.11 Å². The van der Waals surface area contributed by atoms with Gasteiger partial charge in [-0.15, -0.1) is 0 Å². The van der Waals surface area contributed by atoms with E-state index < -0.39 is 0 Å². The summed E-state index contributed by atoms with van der Waals surface area (Å²) < 4.78 is 4.60. The van der Waals surface area contributed by atoms with E-state index in [0.717, 1.165) is 5.56 Å². The van der Waals surface area contributed by atoms with Crippen molar-refractivity contribution in [2.45, 2.75) is 19.5 Å². The van der Waals surface area contributed by atoms with E-state index in [1.165, 1.54) is 7.11 Å². The number of carbonyl (C=O) groups excluding carboxylic acids is 1. The Morgan fingerprint density at radius 3 is 2.60 bits per heavy atom. The van der Waals surface area contributed by atoms with E-state index in [1.54, 1.807) is 6.92 Å². The fraction of sp³-hybridized carbons (Fsp3) is 0.364. The summed E-state index contributed by atoms with van der Waals surface area (Å²) in [6.45, 7) is 2.38. The van der Waals surface area contributed by atoms with Crippen LogP contribution in [0.2, 0.25) is 5.02 Å². The number of rotatable bonds is 4. The van der Waals surface area contributed by atoms with E-state index in [-0.39, 0.29) is 12.0 Å². The van der Waals surface area contributed by atoms with Gasteiger partial charge in [0.2, 0.25) is 0 Å². The van der Waals surface area contributed by atoms with Crippen molar-refractivity contribution in [3.8, 4) is 0 Å². The summed E-state index contributed by atoms with van der Waals surface area (Å²) >= 11 is 5.75. The van der Waals surface area contributed by atoms with Crippen LogP contribution in [0, 0.1) is 0 Å². The summed E-state index contributed by atoms with van der Waals surface area (Å²) in [4.78, 5) is 11.1. The zero-order valence-corrected chi connectivity index (χ0v) is 9.54. The molecule has 0 spiro atoms. The van der Waals surface area contributed by atoms with Crippen LogP contribution in [0.3, 0.4) is 0 Å². The van der Waals surface area contributed by atoms with Crippen LogP contribution in [-0.2, 0) is 16.1 Å². The van der Waals surface area contributed by atoms with Crippen molar-refractivity contribution in [1.82, 2.24) is 5.32 Å². The first-order valence-electron chi connectivity index (χ1n) is 4.69. The lowest BCUT2D eigenvalue weighted by Gasteiger charge is -2.11. The summed E-state index contributed by atoms with van der Waals surface area (Å²) in [5, 5.41) is 3.76. The van der Waals surface area contributed by atoms with Crippen LogP contribution in [0.5, 0.6) is 0 Å². The molecule has 4 heteroatoms. The second kappa shape index (κ2) is 5.73. The van der Waals surface area contributed by atoms with Crippen LogP contribution in [-0.4, -0.2) is 19.1 Å². The molecule has 0 saturated heterocycles. The molecular weight excluding hydrogens is 214 g/mol. The first-order chi connectivity index (χ1) is 7.13. The first-order valence-corrected chi connectivity index (χ1v) is 5.07. The molecule has 0 fully saturated rings. The lowest BCUT2D eigenvalue weighted by atomic mass is 10.2. The number of methoxy groups -OCH3 is 1. The van der Waals surface area contributed by atoms with Crippen molar-refractivity contribution < 1.29 is 9.53 Å². The van der Waals surface area contributed by atoms with Gasteiger partial charge in [0.25, 0.3) is 0 Å². The summed E-state index contributed by atoms with van der Waals surface area (Å²) in [6, 6.07) is 7.17. The van der Waals surface area contributed by atoms with Crippen LogP contribution < -0.4 is 5.32 Å². The summed E-state index contributed by atoms with van der Waals surface area (Å²) in [7, 11) is 1.38. The molecule has 0 aliphatic heterocycles. The normalized spacial score (nSPS) is 12.2. The molecule has 0 heterocycles. The predicted molar refractivity (Wildman–Crippen MR) is 59.8 cm³/mol. The van der Waals surface area contributed by atoms with E-state index in [0.29, 0.717) is 11.6 Å². The first kappa shape index (κ1) is 12.0. The van der Waals surface area contributed by atoms with Crippen molar-refractivity contribution in [3.05, 3.63) is 34.9 Å². The van der Waals surface area contributed by atoms with Gasteiger partial charge in [-0.05, 0) is 24.6 Å². The smallest absolute Gasteiger partial charge is 0.322 e. The zero-order valence-electron chi connectivity index (χ0n) is 8.79. The van der Waals surface area contributed by atoms with E-state index in [2.05, 4.69) is 10.1 Å². The minimum atomic E-state index is -0.300. The third-order valence-corrected chi connectivity index (χ3v) is 2.33. The number of benzene rings is 1. The Balaban J connectivity index is 2.43. The number of ether oxygens (including phenoxy) is 1. The van der Waals surface area contributed by atoms with E-state index in [9.17, 15) is 4.79 Å². The van der Waals surface area contributed by atoms with Gasteiger partial charge in [0, 0.05) is 11.6 Å². The summed E-state index contributed by atoms with van der Waals surface area (Å²) in [5.74, 6) is -0.260. The fourth-order valence-electron chi connectivity index (χ4n) is 1.13. The van der Waals surface area contributed by atoms with Gasteiger partial charge in [-0.2, -0.15) is 0 Å². The third kappa shape index (κ3) is 3.90. The van der Waals surface area contributed by atoms with E-state index in [4.69, 9.17) is 11.6 Å². The molecule has 1 unspecified atom stereocenters. The van der Waals surface area contributed by atoms with Crippen molar-refractivity contribution >= 4 is 17.6 Å². The molecule has 0 aliphatic rings. The molecule has 0 aliphatic carbocycles. The molecule has 82 valence electrons. The zero-order chi connectivity index (χ0) is 11.3. The molecule has 1 aromatic rings. The predicted octanol–water partition coefficient (Wildman–Crippen LogP) is 1.99. The Bertz CT molecular complexity index is 324.